The zero-order chi connectivity index (χ0) is 28.4. The molecular weight excluding hydrogens is 543 g/mol. The average molecular weight is 572 g/mol. The number of nitrogens with zero attached hydrogens (tertiary/aromatic N) is 5. The molecule has 0 bridgehead atoms. The first kappa shape index (κ1) is 27.7. The molecule has 0 spiro atoms. The van der Waals surface area contributed by atoms with Gasteiger partial charge in [-0.25, -0.2) is 19.9 Å². The molecule has 0 unspecified atom stereocenters. The van der Waals surface area contributed by atoms with Gasteiger partial charge in [0.15, 0.2) is 10.9 Å². The molecule has 13 heteroatoms. The molecule has 40 heavy (non-hydrogen) atoms. The lowest BCUT2D eigenvalue weighted by Gasteiger charge is -2.21. The lowest BCUT2D eigenvalue weighted by molar-refractivity contribution is -0.141. The molecule has 1 aliphatic heterocycles. The summed E-state index contributed by atoms with van der Waals surface area (Å²) in [7, 11) is 0. The molecule has 0 aliphatic carbocycles. The standard InChI is InChI=1S/C27H28F3N7O2S/c1-15(2)37-10-9-17(13-37)12-31-25-18(7-8-22(35-25)27(28,29)30)19-11-23(33-14-32-19)39-20-5-4-6-21-24(20)36-26(40-21)34-16(3)38/h4-8,11,14-15,17H,9-10,12-13H2,1-3H3,(H,31,35)(H,34,36,38)/t17-/m0/s1. The number of likely N-dealkylation sites (tertiary alicyclic amines) is 1. The minimum atomic E-state index is -4.58. The molecule has 9 nitrogen and oxygen atoms in total. The molecule has 0 saturated carbocycles. The van der Waals surface area contributed by atoms with E-state index < -0.39 is 11.9 Å². The number of alkyl halides is 3. The number of hydrogen-bond donors (Lipinski definition) is 2. The second kappa shape index (κ2) is 11.3. The van der Waals surface area contributed by atoms with Crippen LogP contribution in [0.15, 0.2) is 42.7 Å². The van der Waals surface area contributed by atoms with Crippen LogP contribution < -0.4 is 15.4 Å². The van der Waals surface area contributed by atoms with Crippen molar-refractivity contribution in [2.24, 2.45) is 5.92 Å². The van der Waals surface area contributed by atoms with Crippen LogP contribution in [0.2, 0.25) is 0 Å². The monoisotopic (exact) mass is 571 g/mol. The van der Waals surface area contributed by atoms with Gasteiger partial charge >= 0.3 is 6.18 Å². The summed E-state index contributed by atoms with van der Waals surface area (Å²) in [5.41, 5.74) is 0.318. The largest absolute Gasteiger partial charge is 0.437 e. The Bertz CT molecular complexity index is 1530. The number of aromatic nitrogens is 4. The number of carbonyl (C=O) groups excluding carboxylic acids is 1. The molecule has 5 rings (SSSR count). The summed E-state index contributed by atoms with van der Waals surface area (Å²) in [4.78, 5) is 30.6. The summed E-state index contributed by atoms with van der Waals surface area (Å²) in [6.45, 7) is 7.98. The third kappa shape index (κ3) is 6.31. The highest BCUT2D eigenvalue weighted by Crippen LogP contribution is 2.36. The van der Waals surface area contributed by atoms with Gasteiger partial charge in [0, 0.05) is 37.7 Å². The fourth-order valence-corrected chi connectivity index (χ4v) is 5.49. The lowest BCUT2D eigenvalue weighted by atomic mass is 10.1. The summed E-state index contributed by atoms with van der Waals surface area (Å²) in [5, 5.41) is 6.26. The van der Waals surface area contributed by atoms with Gasteiger partial charge in [-0.1, -0.05) is 17.4 Å². The normalized spacial score (nSPS) is 16.0. The maximum atomic E-state index is 13.5. The number of pyridine rings is 1. The van der Waals surface area contributed by atoms with Crippen LogP contribution in [0.4, 0.5) is 24.1 Å². The Morgan fingerprint density at radius 1 is 1.20 bits per heavy atom. The minimum absolute atomic E-state index is 0.101. The van der Waals surface area contributed by atoms with E-state index in [1.165, 1.54) is 30.7 Å². The van der Waals surface area contributed by atoms with E-state index in [2.05, 4.69) is 49.3 Å². The van der Waals surface area contributed by atoms with E-state index >= 15 is 0 Å². The SMILES string of the molecule is CC(=O)Nc1nc2c(Oc3cc(-c4ccc(C(F)(F)F)nc4NC[C@@H]4CCN(C(C)C)C4)ncn3)cccc2s1. The first-order valence-electron chi connectivity index (χ1n) is 12.8. The van der Waals surface area contributed by atoms with Crippen LogP contribution in [-0.4, -0.2) is 56.4 Å². The molecule has 1 aromatic carbocycles. The second-order valence-corrected chi connectivity index (χ2v) is 10.9. The van der Waals surface area contributed by atoms with Crippen molar-refractivity contribution in [3.8, 4) is 22.9 Å². The predicted octanol–water partition coefficient (Wildman–Crippen LogP) is 6.06. The van der Waals surface area contributed by atoms with Crippen molar-refractivity contribution >= 4 is 38.4 Å². The molecule has 1 aliphatic rings. The quantitative estimate of drug-likeness (QED) is 0.263. The number of nitrogens with one attached hydrogen (secondary N) is 2. The minimum Gasteiger partial charge on any atom is -0.437 e. The fourth-order valence-electron chi connectivity index (χ4n) is 4.56. The first-order chi connectivity index (χ1) is 19.1. The Morgan fingerprint density at radius 3 is 2.75 bits per heavy atom. The maximum absolute atomic E-state index is 13.5. The van der Waals surface area contributed by atoms with Gasteiger partial charge in [-0.05, 0) is 57.0 Å². The molecule has 0 radical (unpaired) electrons. The summed E-state index contributed by atoms with van der Waals surface area (Å²) in [6.07, 6.45) is -2.34. The van der Waals surface area contributed by atoms with Crippen LogP contribution in [0.5, 0.6) is 11.6 Å². The Morgan fingerprint density at radius 2 is 2.02 bits per heavy atom. The molecule has 1 fully saturated rings. The number of carbonyl (C=O) groups is 1. The fraction of sp³-hybridized carbons (Fsp3) is 0.370. The van der Waals surface area contributed by atoms with E-state index in [-0.39, 0.29) is 23.5 Å². The van der Waals surface area contributed by atoms with E-state index in [1.54, 1.807) is 18.2 Å². The van der Waals surface area contributed by atoms with Gasteiger partial charge in [0.25, 0.3) is 0 Å². The Kier molecular flexibility index (Phi) is 7.86. The Hall–Kier alpha value is -3.84. The highest BCUT2D eigenvalue weighted by atomic mass is 32.1. The molecule has 2 N–H and O–H groups in total. The number of ether oxygens (including phenoxy) is 1. The molecule has 1 saturated heterocycles. The number of amides is 1. The van der Waals surface area contributed by atoms with E-state index in [4.69, 9.17) is 4.74 Å². The van der Waals surface area contributed by atoms with Crippen molar-refractivity contribution in [3.63, 3.8) is 0 Å². The van der Waals surface area contributed by atoms with Crippen LogP contribution in [0.25, 0.3) is 21.5 Å². The zero-order valence-electron chi connectivity index (χ0n) is 22.1. The third-order valence-corrected chi connectivity index (χ3v) is 7.52. The van der Waals surface area contributed by atoms with Crippen molar-refractivity contribution in [1.82, 2.24) is 24.8 Å². The van der Waals surface area contributed by atoms with Crippen molar-refractivity contribution in [2.45, 2.75) is 39.4 Å². The number of anilines is 2. The lowest BCUT2D eigenvalue weighted by Crippen LogP contribution is -2.29. The van der Waals surface area contributed by atoms with Gasteiger partial charge < -0.3 is 20.3 Å². The molecule has 210 valence electrons. The van der Waals surface area contributed by atoms with E-state index in [9.17, 15) is 18.0 Å². The summed E-state index contributed by atoms with van der Waals surface area (Å²) in [6, 6.07) is 9.63. The zero-order valence-corrected chi connectivity index (χ0v) is 22.9. The summed E-state index contributed by atoms with van der Waals surface area (Å²) in [5.74, 6) is 0.748. The molecule has 3 aromatic heterocycles. The molecular formula is C27H28F3N7O2S. The van der Waals surface area contributed by atoms with Crippen LogP contribution in [0.1, 0.15) is 32.9 Å². The molecule has 4 heterocycles. The summed E-state index contributed by atoms with van der Waals surface area (Å²) < 4.78 is 47.4. The van der Waals surface area contributed by atoms with E-state index in [0.29, 0.717) is 40.2 Å². The smallest absolute Gasteiger partial charge is 0.433 e. The van der Waals surface area contributed by atoms with Crippen molar-refractivity contribution in [1.29, 1.82) is 0 Å². The Labute approximate surface area is 232 Å². The van der Waals surface area contributed by atoms with Crippen molar-refractivity contribution in [2.75, 3.05) is 30.3 Å². The van der Waals surface area contributed by atoms with Gasteiger partial charge in [0.05, 0.1) is 10.4 Å². The number of rotatable bonds is 8. The van der Waals surface area contributed by atoms with Gasteiger partial charge in [-0.3, -0.25) is 4.79 Å². The maximum Gasteiger partial charge on any atom is 0.433 e. The predicted molar refractivity (Wildman–Crippen MR) is 148 cm³/mol. The first-order valence-corrected chi connectivity index (χ1v) is 13.6. The van der Waals surface area contributed by atoms with Gasteiger partial charge in [-0.15, -0.1) is 0 Å². The number of fused-ring (bicyclic) bond motifs is 1. The van der Waals surface area contributed by atoms with Crippen LogP contribution in [0.3, 0.4) is 0 Å². The van der Waals surface area contributed by atoms with Crippen molar-refractivity contribution < 1.29 is 22.7 Å². The highest BCUT2D eigenvalue weighted by Gasteiger charge is 2.33. The van der Waals surface area contributed by atoms with E-state index in [1.807, 2.05) is 6.07 Å². The van der Waals surface area contributed by atoms with Crippen LogP contribution in [-0.2, 0) is 11.0 Å². The number of benzene rings is 1. The number of hydrogen-bond acceptors (Lipinski definition) is 9. The number of para-hydroxylation sites is 1. The van der Waals surface area contributed by atoms with Crippen LogP contribution in [0, 0.1) is 5.92 Å². The molecule has 4 aromatic rings. The summed E-state index contributed by atoms with van der Waals surface area (Å²) >= 11 is 1.31. The highest BCUT2D eigenvalue weighted by molar-refractivity contribution is 7.22. The number of halogens is 3. The van der Waals surface area contributed by atoms with Gasteiger partial charge in [0.1, 0.15) is 23.4 Å². The second-order valence-electron chi connectivity index (χ2n) is 9.86. The topological polar surface area (TPSA) is 105 Å². The Balaban J connectivity index is 1.42. The molecule has 1 atom stereocenters. The third-order valence-electron chi connectivity index (χ3n) is 6.59. The van der Waals surface area contributed by atoms with Crippen LogP contribution >= 0.6 is 11.3 Å². The van der Waals surface area contributed by atoms with E-state index in [0.717, 1.165) is 30.3 Å². The van der Waals surface area contributed by atoms with Gasteiger partial charge in [0.2, 0.25) is 11.8 Å². The molecule has 1 amide bonds. The van der Waals surface area contributed by atoms with Crippen molar-refractivity contribution in [3.05, 3.63) is 48.4 Å². The van der Waals surface area contributed by atoms with Gasteiger partial charge in [-0.2, -0.15) is 13.2 Å². The number of thiazole rings is 1. The average Bonchev–Trinajstić information content (AvgIpc) is 3.54.